The Hall–Kier alpha value is -2.35. The van der Waals surface area contributed by atoms with Crippen LogP contribution in [0.2, 0.25) is 0 Å². The number of carboxylic acids is 1. The van der Waals surface area contributed by atoms with Gasteiger partial charge in [0.15, 0.2) is 0 Å². The highest BCUT2D eigenvalue weighted by Crippen LogP contribution is 2.24. The SMILES string of the molecule is CC(=O)O.Cc1cccc2cc3ccccc3cc12. The van der Waals surface area contributed by atoms with E-state index in [1.165, 1.54) is 27.1 Å². The van der Waals surface area contributed by atoms with Gasteiger partial charge in [-0.05, 0) is 46.2 Å². The fourth-order valence-electron chi connectivity index (χ4n) is 2.12. The lowest BCUT2D eigenvalue weighted by Gasteiger charge is -2.04. The minimum absolute atomic E-state index is 0.833. The Morgan fingerprint density at radius 1 is 0.895 bits per heavy atom. The van der Waals surface area contributed by atoms with Crippen molar-refractivity contribution in [2.45, 2.75) is 13.8 Å². The van der Waals surface area contributed by atoms with Gasteiger partial charge in [-0.25, -0.2) is 0 Å². The largest absolute Gasteiger partial charge is 0.481 e. The molecular formula is C17H16O2. The molecule has 3 aromatic carbocycles. The number of hydrogen-bond acceptors (Lipinski definition) is 1. The zero-order chi connectivity index (χ0) is 13.8. The van der Waals surface area contributed by atoms with Gasteiger partial charge < -0.3 is 5.11 Å². The molecule has 0 bridgehead atoms. The van der Waals surface area contributed by atoms with Crippen LogP contribution in [0.15, 0.2) is 54.6 Å². The second kappa shape index (κ2) is 5.53. The normalized spacial score (nSPS) is 10.0. The van der Waals surface area contributed by atoms with Crippen molar-refractivity contribution in [3.63, 3.8) is 0 Å². The van der Waals surface area contributed by atoms with Crippen molar-refractivity contribution in [2.75, 3.05) is 0 Å². The lowest BCUT2D eigenvalue weighted by Crippen LogP contribution is -1.79. The van der Waals surface area contributed by atoms with Crippen molar-refractivity contribution >= 4 is 27.5 Å². The maximum Gasteiger partial charge on any atom is 0.300 e. The van der Waals surface area contributed by atoms with Crippen LogP contribution in [0, 0.1) is 6.92 Å². The van der Waals surface area contributed by atoms with E-state index in [0.717, 1.165) is 6.92 Å². The van der Waals surface area contributed by atoms with Gasteiger partial charge in [-0.2, -0.15) is 0 Å². The molecule has 0 aliphatic carbocycles. The van der Waals surface area contributed by atoms with Crippen LogP contribution in [-0.4, -0.2) is 11.1 Å². The second-order valence-electron chi connectivity index (χ2n) is 4.51. The summed E-state index contributed by atoms with van der Waals surface area (Å²) in [6.07, 6.45) is 0. The fraction of sp³-hybridized carbons (Fsp3) is 0.118. The van der Waals surface area contributed by atoms with Crippen LogP contribution in [-0.2, 0) is 4.79 Å². The Labute approximate surface area is 112 Å². The van der Waals surface area contributed by atoms with Gasteiger partial charge in [-0.1, -0.05) is 42.5 Å². The molecule has 2 heteroatoms. The molecule has 0 aliphatic rings. The summed E-state index contributed by atoms with van der Waals surface area (Å²) in [6, 6.07) is 19.5. The van der Waals surface area contributed by atoms with E-state index in [1.54, 1.807) is 0 Å². The number of aryl methyl sites for hydroxylation is 1. The molecule has 2 nitrogen and oxygen atoms in total. The number of hydrogen-bond donors (Lipinski definition) is 1. The third kappa shape index (κ3) is 3.10. The number of benzene rings is 3. The molecule has 96 valence electrons. The standard InChI is InChI=1S/C15H12.C2H4O2/c1-11-5-4-8-14-9-12-6-2-3-7-13(12)10-15(11)14;1-2(3)4/h2-10H,1H3;1H3,(H,3,4). The molecule has 0 fully saturated rings. The minimum Gasteiger partial charge on any atom is -0.481 e. The summed E-state index contributed by atoms with van der Waals surface area (Å²) in [5.74, 6) is -0.833. The molecule has 0 saturated carbocycles. The van der Waals surface area contributed by atoms with E-state index in [2.05, 4.69) is 61.5 Å². The van der Waals surface area contributed by atoms with E-state index in [1.807, 2.05) is 0 Å². The number of carbonyl (C=O) groups is 1. The summed E-state index contributed by atoms with van der Waals surface area (Å²) >= 11 is 0. The van der Waals surface area contributed by atoms with E-state index in [-0.39, 0.29) is 0 Å². The minimum atomic E-state index is -0.833. The Kier molecular flexibility index (Phi) is 3.81. The molecular weight excluding hydrogens is 236 g/mol. The summed E-state index contributed by atoms with van der Waals surface area (Å²) in [5.41, 5.74) is 1.35. The van der Waals surface area contributed by atoms with Gasteiger partial charge in [-0.15, -0.1) is 0 Å². The van der Waals surface area contributed by atoms with Gasteiger partial charge in [0.2, 0.25) is 0 Å². The van der Waals surface area contributed by atoms with Crippen LogP contribution in [0.3, 0.4) is 0 Å². The zero-order valence-corrected chi connectivity index (χ0v) is 11.1. The first-order valence-electron chi connectivity index (χ1n) is 6.15. The zero-order valence-electron chi connectivity index (χ0n) is 11.1. The average Bonchev–Trinajstić information content (AvgIpc) is 2.37. The summed E-state index contributed by atoms with van der Waals surface area (Å²) < 4.78 is 0. The molecule has 0 atom stereocenters. The molecule has 0 unspecified atom stereocenters. The van der Waals surface area contributed by atoms with E-state index in [9.17, 15) is 0 Å². The van der Waals surface area contributed by atoms with Crippen molar-refractivity contribution in [3.8, 4) is 0 Å². The lowest BCUT2D eigenvalue weighted by atomic mass is 10.0. The van der Waals surface area contributed by atoms with Crippen molar-refractivity contribution in [1.82, 2.24) is 0 Å². The number of rotatable bonds is 0. The van der Waals surface area contributed by atoms with Gasteiger partial charge in [0.1, 0.15) is 0 Å². The second-order valence-corrected chi connectivity index (χ2v) is 4.51. The predicted molar refractivity (Wildman–Crippen MR) is 79.5 cm³/mol. The maximum atomic E-state index is 9.00. The molecule has 1 N–H and O–H groups in total. The first kappa shape index (κ1) is 13.1. The number of aliphatic carboxylic acids is 1. The van der Waals surface area contributed by atoms with E-state index >= 15 is 0 Å². The molecule has 0 amide bonds. The van der Waals surface area contributed by atoms with E-state index < -0.39 is 5.97 Å². The van der Waals surface area contributed by atoms with Crippen LogP contribution >= 0.6 is 0 Å². The Bertz CT molecular complexity index is 725. The van der Waals surface area contributed by atoms with E-state index in [4.69, 9.17) is 9.90 Å². The molecule has 0 saturated heterocycles. The van der Waals surface area contributed by atoms with Crippen LogP contribution in [0.5, 0.6) is 0 Å². The van der Waals surface area contributed by atoms with Gasteiger partial charge >= 0.3 is 0 Å². The molecule has 0 heterocycles. The third-order valence-corrected chi connectivity index (χ3v) is 2.96. The Morgan fingerprint density at radius 2 is 1.42 bits per heavy atom. The maximum absolute atomic E-state index is 9.00. The van der Waals surface area contributed by atoms with Crippen molar-refractivity contribution in [2.24, 2.45) is 0 Å². The fourth-order valence-corrected chi connectivity index (χ4v) is 2.12. The molecule has 0 aliphatic heterocycles. The van der Waals surface area contributed by atoms with Gasteiger partial charge in [-0.3, -0.25) is 4.79 Å². The highest BCUT2D eigenvalue weighted by Gasteiger charge is 1.98. The Balaban J connectivity index is 0.000000297. The summed E-state index contributed by atoms with van der Waals surface area (Å²) in [5, 5.41) is 12.7. The third-order valence-electron chi connectivity index (χ3n) is 2.96. The molecule has 19 heavy (non-hydrogen) atoms. The monoisotopic (exact) mass is 252 g/mol. The highest BCUT2D eigenvalue weighted by molar-refractivity contribution is 5.99. The summed E-state index contributed by atoms with van der Waals surface area (Å²) in [6.45, 7) is 3.25. The Morgan fingerprint density at radius 3 is 2.05 bits per heavy atom. The first-order valence-corrected chi connectivity index (χ1v) is 6.15. The molecule has 3 aromatic rings. The van der Waals surface area contributed by atoms with Crippen LogP contribution in [0.1, 0.15) is 12.5 Å². The number of carboxylic acid groups (broad SMARTS) is 1. The van der Waals surface area contributed by atoms with Crippen molar-refractivity contribution in [1.29, 1.82) is 0 Å². The molecule has 3 rings (SSSR count). The van der Waals surface area contributed by atoms with Crippen LogP contribution in [0.4, 0.5) is 0 Å². The van der Waals surface area contributed by atoms with Gasteiger partial charge in [0.25, 0.3) is 5.97 Å². The average molecular weight is 252 g/mol. The van der Waals surface area contributed by atoms with Crippen molar-refractivity contribution < 1.29 is 9.90 Å². The molecule has 0 spiro atoms. The van der Waals surface area contributed by atoms with Crippen molar-refractivity contribution in [3.05, 3.63) is 60.2 Å². The quantitative estimate of drug-likeness (QED) is 0.602. The lowest BCUT2D eigenvalue weighted by molar-refractivity contribution is -0.134. The predicted octanol–water partition coefficient (Wildman–Crippen LogP) is 4.39. The van der Waals surface area contributed by atoms with Gasteiger partial charge in [0.05, 0.1) is 0 Å². The molecule has 0 aromatic heterocycles. The highest BCUT2D eigenvalue weighted by atomic mass is 16.4. The summed E-state index contributed by atoms with van der Waals surface area (Å²) in [4.78, 5) is 9.00. The molecule has 0 radical (unpaired) electrons. The first-order chi connectivity index (χ1) is 9.08. The van der Waals surface area contributed by atoms with Crippen LogP contribution in [0.25, 0.3) is 21.5 Å². The topological polar surface area (TPSA) is 37.3 Å². The van der Waals surface area contributed by atoms with Gasteiger partial charge in [0, 0.05) is 6.92 Å². The van der Waals surface area contributed by atoms with Crippen LogP contribution < -0.4 is 0 Å². The number of fused-ring (bicyclic) bond motifs is 2. The smallest absolute Gasteiger partial charge is 0.300 e. The van der Waals surface area contributed by atoms with E-state index in [0.29, 0.717) is 0 Å². The summed E-state index contributed by atoms with van der Waals surface area (Å²) in [7, 11) is 0.